The number of unbranched alkanes of at least 4 members (excludes halogenated alkanes) is 9. The molecular weight excluding hydrogens is 455 g/mol. The lowest BCUT2D eigenvalue weighted by atomic mass is 10.0. The molecule has 5 nitrogen and oxygen atoms in total. The topological polar surface area (TPSA) is 82.4 Å². The van der Waals surface area contributed by atoms with Gasteiger partial charge in [-0.05, 0) is 6.42 Å². The fourth-order valence-corrected chi connectivity index (χ4v) is 5.03. The van der Waals surface area contributed by atoms with Gasteiger partial charge in [-0.25, -0.2) is 21.2 Å². The van der Waals surface area contributed by atoms with E-state index in [1.165, 1.54) is 4.13 Å². The molecule has 0 radical (unpaired) electrons. The van der Waals surface area contributed by atoms with E-state index in [0.29, 0.717) is 12.8 Å². The van der Waals surface area contributed by atoms with E-state index in [-0.39, 0.29) is 6.42 Å². The maximum Gasteiger partial charge on any atom is 0.480 e. The largest absolute Gasteiger partial charge is 0.480 e. The normalized spacial score (nSPS) is 16.0. The first-order valence-corrected chi connectivity index (χ1v) is 12.0. The molecule has 0 aromatic carbocycles. The van der Waals surface area contributed by atoms with Crippen molar-refractivity contribution < 1.29 is 47.6 Å². The molecule has 1 atom stereocenters. The second kappa shape index (κ2) is 11.1. The van der Waals surface area contributed by atoms with Gasteiger partial charge in [0, 0.05) is 6.42 Å². The number of sulfonamides is 2. The molecule has 0 spiro atoms. The molecule has 0 aromatic heterocycles. The van der Waals surface area contributed by atoms with Gasteiger partial charge in [0.05, 0.1) is 0 Å². The van der Waals surface area contributed by atoms with Crippen molar-refractivity contribution in [3.05, 3.63) is 4.13 Å². The standard InChI is InChI=1S/C15H25F7NO4S2/c1-2-3-4-5-6-7-8-9-10-11-12-13(16,14(17,18)19)28(24,25)23-29(26,27)15(20,21)22/h2-12H2,1H3/q-1. The van der Waals surface area contributed by atoms with Crippen LogP contribution in [0, 0.1) is 0 Å². The Labute approximate surface area is 166 Å². The van der Waals surface area contributed by atoms with Crippen LogP contribution in [0.4, 0.5) is 30.7 Å². The zero-order chi connectivity index (χ0) is 23.0. The zero-order valence-corrected chi connectivity index (χ0v) is 17.5. The first-order chi connectivity index (χ1) is 13.0. The Balaban J connectivity index is 4.85. The van der Waals surface area contributed by atoms with Crippen LogP contribution in [-0.4, -0.2) is 33.5 Å². The number of rotatable bonds is 14. The summed E-state index contributed by atoms with van der Waals surface area (Å²) in [5.74, 6) is 0. The fraction of sp³-hybridized carbons (Fsp3) is 1.00. The van der Waals surface area contributed by atoms with Crippen molar-refractivity contribution in [1.29, 1.82) is 0 Å². The van der Waals surface area contributed by atoms with Crippen LogP contribution < -0.4 is 0 Å². The fourth-order valence-electron chi connectivity index (χ4n) is 2.49. The van der Waals surface area contributed by atoms with Gasteiger partial charge >= 0.3 is 11.7 Å². The lowest BCUT2D eigenvalue weighted by Crippen LogP contribution is -2.48. The van der Waals surface area contributed by atoms with Gasteiger partial charge in [-0.15, -0.1) is 0 Å². The Bertz CT molecular complexity index is 690. The molecule has 176 valence electrons. The highest BCUT2D eigenvalue weighted by Crippen LogP contribution is 2.46. The lowest BCUT2D eigenvalue weighted by molar-refractivity contribution is -0.199. The SMILES string of the molecule is CCCCCCCCCCCCC(F)(C(F)(F)F)S(=O)(=O)[N-]S(=O)(=O)C(F)(F)F. The molecule has 0 heterocycles. The molecule has 0 saturated heterocycles. The van der Waals surface area contributed by atoms with Crippen LogP contribution in [0.1, 0.15) is 77.6 Å². The van der Waals surface area contributed by atoms with Gasteiger partial charge in [0.1, 0.15) is 10.0 Å². The molecule has 0 aliphatic carbocycles. The molecule has 0 amide bonds. The Morgan fingerprint density at radius 2 is 1.00 bits per heavy atom. The highest BCUT2D eigenvalue weighted by molar-refractivity contribution is 8.13. The zero-order valence-electron chi connectivity index (χ0n) is 15.8. The van der Waals surface area contributed by atoms with E-state index in [4.69, 9.17) is 0 Å². The van der Waals surface area contributed by atoms with E-state index >= 15 is 0 Å². The minimum atomic E-state index is -6.85. The molecule has 0 rings (SSSR count). The third-order valence-corrected chi connectivity index (χ3v) is 7.58. The highest BCUT2D eigenvalue weighted by atomic mass is 32.3. The minimum Gasteiger partial charge on any atom is -0.425 e. The Morgan fingerprint density at radius 3 is 1.34 bits per heavy atom. The summed E-state index contributed by atoms with van der Waals surface area (Å²) >= 11 is 0. The van der Waals surface area contributed by atoms with Gasteiger partial charge in [-0.3, -0.25) is 0 Å². The van der Waals surface area contributed by atoms with Gasteiger partial charge < -0.3 is 4.13 Å². The van der Waals surface area contributed by atoms with E-state index in [2.05, 4.69) is 6.92 Å². The van der Waals surface area contributed by atoms with Crippen molar-refractivity contribution in [1.82, 2.24) is 0 Å². The predicted molar refractivity (Wildman–Crippen MR) is 93.6 cm³/mol. The van der Waals surface area contributed by atoms with Gasteiger partial charge in [-0.1, -0.05) is 64.7 Å². The number of alkyl halides is 7. The summed E-state index contributed by atoms with van der Waals surface area (Å²) in [5, 5.41) is -5.22. The van der Waals surface area contributed by atoms with E-state index in [1.807, 2.05) is 0 Å². The monoisotopic (exact) mass is 480 g/mol. The molecule has 1 unspecified atom stereocenters. The predicted octanol–water partition coefficient (Wildman–Crippen LogP) is 6.08. The molecular formula is C15H25F7NO4S2-. The maximum absolute atomic E-state index is 14.3. The van der Waals surface area contributed by atoms with Gasteiger partial charge in [0.2, 0.25) is 0 Å². The number of nitrogens with zero attached hydrogens (tertiary/aromatic N) is 1. The van der Waals surface area contributed by atoms with E-state index in [0.717, 1.165) is 38.5 Å². The van der Waals surface area contributed by atoms with Crippen LogP contribution in [0.25, 0.3) is 4.13 Å². The van der Waals surface area contributed by atoms with Crippen molar-refractivity contribution in [2.75, 3.05) is 0 Å². The molecule has 0 N–H and O–H groups in total. The third kappa shape index (κ3) is 8.56. The molecule has 0 aliphatic heterocycles. The molecule has 0 saturated carbocycles. The summed E-state index contributed by atoms with van der Waals surface area (Å²) in [5.41, 5.74) is -6.27. The average molecular weight is 480 g/mol. The van der Waals surface area contributed by atoms with Crippen molar-refractivity contribution in [3.8, 4) is 0 Å². The van der Waals surface area contributed by atoms with Crippen LogP contribution in [0.3, 0.4) is 0 Å². The first-order valence-electron chi connectivity index (χ1n) is 9.07. The van der Waals surface area contributed by atoms with Crippen LogP contribution in [-0.2, 0) is 20.0 Å². The van der Waals surface area contributed by atoms with Gasteiger partial charge in [0.15, 0.2) is 10.0 Å². The van der Waals surface area contributed by atoms with Crippen molar-refractivity contribution in [2.24, 2.45) is 0 Å². The van der Waals surface area contributed by atoms with Crippen molar-refractivity contribution in [3.63, 3.8) is 0 Å². The summed E-state index contributed by atoms with van der Waals surface area (Å²) in [6.07, 6.45) is -1.58. The highest BCUT2D eigenvalue weighted by Gasteiger charge is 2.62. The van der Waals surface area contributed by atoms with E-state index in [9.17, 15) is 47.6 Å². The maximum atomic E-state index is 14.3. The van der Waals surface area contributed by atoms with Crippen LogP contribution in [0.15, 0.2) is 0 Å². The second-order valence-electron chi connectivity index (χ2n) is 6.63. The number of halogens is 7. The average Bonchev–Trinajstić information content (AvgIpc) is 2.53. The smallest absolute Gasteiger partial charge is 0.425 e. The molecule has 0 aromatic rings. The Hall–Kier alpha value is -0.630. The minimum absolute atomic E-state index is 0.00174. The molecule has 0 aliphatic rings. The van der Waals surface area contributed by atoms with Gasteiger partial charge in [0.25, 0.3) is 5.00 Å². The van der Waals surface area contributed by atoms with Gasteiger partial charge in [-0.2, -0.15) is 26.3 Å². The molecule has 0 fully saturated rings. The summed E-state index contributed by atoms with van der Waals surface area (Å²) in [6.45, 7) is 2.05. The quantitative estimate of drug-likeness (QED) is 0.223. The first kappa shape index (κ1) is 28.4. The summed E-state index contributed by atoms with van der Waals surface area (Å²) in [7, 11) is -13.6. The Kier molecular flexibility index (Phi) is 10.9. The summed E-state index contributed by atoms with van der Waals surface area (Å²) < 4.78 is 136. The summed E-state index contributed by atoms with van der Waals surface area (Å²) in [6, 6.07) is 0. The van der Waals surface area contributed by atoms with Crippen LogP contribution in [0.2, 0.25) is 0 Å². The van der Waals surface area contributed by atoms with Crippen molar-refractivity contribution >= 4 is 20.0 Å². The third-order valence-electron chi connectivity index (χ3n) is 4.17. The summed E-state index contributed by atoms with van der Waals surface area (Å²) in [4.78, 5) is 0. The second-order valence-corrected chi connectivity index (χ2v) is 10.2. The Morgan fingerprint density at radius 1 is 0.621 bits per heavy atom. The van der Waals surface area contributed by atoms with E-state index < -0.39 is 49.6 Å². The van der Waals surface area contributed by atoms with Crippen LogP contribution in [0.5, 0.6) is 0 Å². The molecule has 14 heteroatoms. The van der Waals surface area contributed by atoms with Crippen molar-refractivity contribution in [2.45, 2.75) is 94.2 Å². The number of hydrogen-bond acceptors (Lipinski definition) is 4. The number of hydrogen-bond donors (Lipinski definition) is 0. The lowest BCUT2D eigenvalue weighted by Gasteiger charge is -2.34. The van der Waals surface area contributed by atoms with E-state index in [1.54, 1.807) is 0 Å². The molecule has 29 heavy (non-hydrogen) atoms. The molecule has 0 bridgehead atoms. The van der Waals surface area contributed by atoms with Crippen LogP contribution >= 0.6 is 0 Å².